The predicted octanol–water partition coefficient (Wildman–Crippen LogP) is 3.67. The number of hydrogen-bond donors (Lipinski definition) is 2. The van der Waals surface area contributed by atoms with E-state index >= 15 is 0 Å². The van der Waals surface area contributed by atoms with Gasteiger partial charge < -0.3 is 15.6 Å². The zero-order valence-corrected chi connectivity index (χ0v) is 16.0. The van der Waals surface area contributed by atoms with Crippen molar-refractivity contribution in [3.8, 4) is 0 Å². The summed E-state index contributed by atoms with van der Waals surface area (Å²) >= 11 is 0. The lowest BCUT2D eigenvalue weighted by Crippen LogP contribution is -2.44. The van der Waals surface area contributed by atoms with E-state index in [1.807, 2.05) is 0 Å². The summed E-state index contributed by atoms with van der Waals surface area (Å²) in [6.07, 6.45) is 4.65. The molecule has 0 aromatic heterocycles. The molecule has 0 amide bonds. The van der Waals surface area contributed by atoms with Gasteiger partial charge in [0.15, 0.2) is 16.6 Å². The van der Waals surface area contributed by atoms with Gasteiger partial charge in [0, 0.05) is 12.1 Å². The SMILES string of the molecule is CC(N)CCC[Si](C)(C)O[Si](C)(C)CCCC(C)N. The largest absolute Gasteiger partial charge is 0.455 e. The Balaban J connectivity index is 4.06. The molecule has 0 spiro atoms. The first-order valence-electron chi connectivity index (χ1n) is 7.75. The Morgan fingerprint density at radius 2 is 1.11 bits per heavy atom. The van der Waals surface area contributed by atoms with E-state index in [4.69, 9.17) is 15.6 Å². The zero-order chi connectivity index (χ0) is 15.1. The second-order valence-electron chi connectivity index (χ2n) is 7.36. The molecule has 0 heterocycles. The third kappa shape index (κ3) is 11.8. The van der Waals surface area contributed by atoms with Gasteiger partial charge in [-0.05, 0) is 65.0 Å². The van der Waals surface area contributed by atoms with Crippen LogP contribution in [0.25, 0.3) is 0 Å². The van der Waals surface area contributed by atoms with E-state index < -0.39 is 16.6 Å². The fourth-order valence-electron chi connectivity index (χ4n) is 2.55. The van der Waals surface area contributed by atoms with Crippen LogP contribution in [0.1, 0.15) is 39.5 Å². The van der Waals surface area contributed by atoms with Crippen LogP contribution in [0.3, 0.4) is 0 Å². The lowest BCUT2D eigenvalue weighted by molar-refractivity contribution is 0.518. The van der Waals surface area contributed by atoms with Crippen LogP contribution in [0, 0.1) is 0 Å². The van der Waals surface area contributed by atoms with Gasteiger partial charge in [0.1, 0.15) is 0 Å². The Labute approximate surface area is 122 Å². The first-order valence-corrected chi connectivity index (χ1v) is 14.0. The average Bonchev–Trinajstić information content (AvgIpc) is 2.12. The van der Waals surface area contributed by atoms with E-state index in [2.05, 4.69) is 40.0 Å². The maximum Gasteiger partial charge on any atom is 0.173 e. The molecule has 0 rings (SSSR count). The van der Waals surface area contributed by atoms with Crippen LogP contribution in [0.2, 0.25) is 38.3 Å². The highest BCUT2D eigenvalue weighted by Crippen LogP contribution is 2.25. The van der Waals surface area contributed by atoms with Crippen molar-refractivity contribution in [1.82, 2.24) is 0 Å². The standard InChI is InChI=1S/C14H36N2OSi2/c1-13(15)9-7-11-18(3,4)17-19(5,6)12-8-10-14(2)16/h13-14H,7-12,15-16H2,1-6H3. The van der Waals surface area contributed by atoms with Gasteiger partial charge in [-0.3, -0.25) is 0 Å². The van der Waals surface area contributed by atoms with E-state index in [1.54, 1.807) is 0 Å². The third-order valence-corrected chi connectivity index (χ3v) is 11.0. The molecule has 0 aliphatic rings. The van der Waals surface area contributed by atoms with Crippen molar-refractivity contribution in [3.05, 3.63) is 0 Å². The number of rotatable bonds is 10. The maximum atomic E-state index is 6.59. The summed E-state index contributed by atoms with van der Waals surface area (Å²) < 4.78 is 6.59. The van der Waals surface area contributed by atoms with Crippen LogP contribution >= 0.6 is 0 Å². The van der Waals surface area contributed by atoms with Gasteiger partial charge in [-0.2, -0.15) is 0 Å². The summed E-state index contributed by atoms with van der Waals surface area (Å²) in [6, 6.07) is 3.11. The first kappa shape index (κ1) is 19.3. The Morgan fingerprint density at radius 3 is 1.37 bits per heavy atom. The molecule has 4 N–H and O–H groups in total. The minimum absolute atomic E-state index is 0.320. The van der Waals surface area contributed by atoms with Crippen LogP contribution in [-0.4, -0.2) is 28.7 Å². The molecule has 0 saturated heterocycles. The van der Waals surface area contributed by atoms with Gasteiger partial charge in [-0.15, -0.1) is 0 Å². The summed E-state index contributed by atoms with van der Waals surface area (Å²) in [7, 11) is -3.02. The van der Waals surface area contributed by atoms with E-state index in [0.717, 1.165) is 12.8 Å². The minimum Gasteiger partial charge on any atom is -0.455 e. The third-order valence-electron chi connectivity index (χ3n) is 3.43. The van der Waals surface area contributed by atoms with Crippen molar-refractivity contribution >= 4 is 16.6 Å². The molecule has 0 radical (unpaired) electrons. The number of nitrogens with two attached hydrogens (primary N) is 2. The highest BCUT2D eigenvalue weighted by molar-refractivity contribution is 6.84. The van der Waals surface area contributed by atoms with Gasteiger partial charge in [0.25, 0.3) is 0 Å². The highest BCUT2D eigenvalue weighted by Gasteiger charge is 2.32. The van der Waals surface area contributed by atoms with Crippen molar-refractivity contribution in [2.45, 2.75) is 89.9 Å². The molecule has 0 aromatic rings. The molecule has 0 saturated carbocycles. The summed E-state index contributed by atoms with van der Waals surface area (Å²) in [5.41, 5.74) is 11.6. The van der Waals surface area contributed by atoms with Crippen LogP contribution in [0.4, 0.5) is 0 Å². The molecule has 0 aromatic carbocycles. The summed E-state index contributed by atoms with van der Waals surface area (Å²) in [5, 5.41) is 0. The van der Waals surface area contributed by atoms with Crippen LogP contribution in [-0.2, 0) is 4.12 Å². The molecule has 116 valence electrons. The van der Waals surface area contributed by atoms with Crippen molar-refractivity contribution in [1.29, 1.82) is 0 Å². The maximum absolute atomic E-state index is 6.59. The molecule has 0 aliphatic carbocycles. The monoisotopic (exact) mass is 304 g/mol. The fraction of sp³-hybridized carbons (Fsp3) is 1.00. The Bertz CT molecular complexity index is 220. The van der Waals surface area contributed by atoms with E-state index in [0.29, 0.717) is 12.1 Å². The number of hydrogen-bond acceptors (Lipinski definition) is 3. The smallest absolute Gasteiger partial charge is 0.173 e. The fourth-order valence-corrected chi connectivity index (χ4v) is 11.5. The van der Waals surface area contributed by atoms with Crippen molar-refractivity contribution in [2.75, 3.05) is 0 Å². The highest BCUT2D eigenvalue weighted by atomic mass is 28.4. The molecule has 19 heavy (non-hydrogen) atoms. The van der Waals surface area contributed by atoms with Gasteiger partial charge in [-0.25, -0.2) is 0 Å². The minimum atomic E-state index is -1.51. The second kappa shape index (κ2) is 8.57. The molecule has 0 fully saturated rings. The van der Waals surface area contributed by atoms with Crippen molar-refractivity contribution in [2.24, 2.45) is 11.5 Å². The van der Waals surface area contributed by atoms with E-state index in [9.17, 15) is 0 Å². The van der Waals surface area contributed by atoms with Gasteiger partial charge in [0.2, 0.25) is 0 Å². The summed E-state index contributed by atoms with van der Waals surface area (Å²) in [5.74, 6) is 0. The normalized spacial score (nSPS) is 16.4. The molecular formula is C14H36N2OSi2. The molecule has 3 nitrogen and oxygen atoms in total. The predicted molar refractivity (Wildman–Crippen MR) is 91.4 cm³/mol. The van der Waals surface area contributed by atoms with Gasteiger partial charge >= 0.3 is 0 Å². The lowest BCUT2D eigenvalue weighted by Gasteiger charge is -2.34. The van der Waals surface area contributed by atoms with Crippen molar-refractivity contribution in [3.63, 3.8) is 0 Å². The first-order chi connectivity index (χ1) is 8.54. The molecule has 0 bridgehead atoms. The Hall–Kier alpha value is 0.314. The van der Waals surface area contributed by atoms with Crippen LogP contribution in [0.5, 0.6) is 0 Å². The van der Waals surface area contributed by atoms with E-state index in [-0.39, 0.29) is 0 Å². The lowest BCUT2D eigenvalue weighted by atomic mass is 10.2. The molecular weight excluding hydrogens is 268 g/mol. The average molecular weight is 305 g/mol. The molecule has 0 aliphatic heterocycles. The topological polar surface area (TPSA) is 61.3 Å². The van der Waals surface area contributed by atoms with Crippen LogP contribution in [0.15, 0.2) is 0 Å². The van der Waals surface area contributed by atoms with Crippen molar-refractivity contribution < 1.29 is 4.12 Å². The Morgan fingerprint density at radius 1 is 0.789 bits per heavy atom. The van der Waals surface area contributed by atoms with Gasteiger partial charge in [0.05, 0.1) is 0 Å². The quantitative estimate of drug-likeness (QED) is 0.605. The summed E-state index contributed by atoms with van der Waals surface area (Å²) in [6.45, 7) is 13.6. The molecule has 2 unspecified atom stereocenters. The van der Waals surface area contributed by atoms with Gasteiger partial charge in [-0.1, -0.05) is 12.8 Å². The zero-order valence-electron chi connectivity index (χ0n) is 14.0. The Kier molecular flexibility index (Phi) is 8.71. The molecule has 2 atom stereocenters. The molecule has 5 heteroatoms. The second-order valence-corrected chi connectivity index (χ2v) is 16.2. The van der Waals surface area contributed by atoms with Crippen LogP contribution < -0.4 is 11.5 Å². The van der Waals surface area contributed by atoms with E-state index in [1.165, 1.54) is 24.9 Å². The summed E-state index contributed by atoms with van der Waals surface area (Å²) in [4.78, 5) is 0.